The van der Waals surface area contributed by atoms with Crippen LogP contribution in [0.15, 0.2) is 47.4 Å². The van der Waals surface area contributed by atoms with Crippen LogP contribution in [0.25, 0.3) is 0 Å². The van der Waals surface area contributed by atoms with Gasteiger partial charge in [-0.3, -0.25) is 9.52 Å². The number of nitrogens with zero attached hydrogens (tertiary/aromatic N) is 1. The van der Waals surface area contributed by atoms with Crippen molar-refractivity contribution in [2.75, 3.05) is 29.0 Å². The largest absolute Gasteiger partial charge is 0.497 e. The number of methoxy groups -OCH3 is 2. The molecular formula is C18H20N2O7S2. The summed E-state index contributed by atoms with van der Waals surface area (Å²) in [6.07, 6.45) is 0. The molecule has 0 spiro atoms. The van der Waals surface area contributed by atoms with Gasteiger partial charge in [-0.1, -0.05) is 6.92 Å². The van der Waals surface area contributed by atoms with Crippen molar-refractivity contribution in [1.82, 2.24) is 0 Å². The lowest BCUT2D eigenvalue weighted by Gasteiger charge is -2.18. The fourth-order valence-corrected chi connectivity index (χ4v) is 6.02. The quantitative estimate of drug-likeness (QED) is 0.728. The van der Waals surface area contributed by atoms with Gasteiger partial charge >= 0.3 is 0 Å². The van der Waals surface area contributed by atoms with Crippen LogP contribution in [0.5, 0.6) is 11.5 Å². The van der Waals surface area contributed by atoms with Crippen LogP contribution in [-0.4, -0.2) is 42.7 Å². The first-order chi connectivity index (χ1) is 13.6. The van der Waals surface area contributed by atoms with Crippen molar-refractivity contribution in [3.05, 3.63) is 42.5 Å². The van der Waals surface area contributed by atoms with Crippen LogP contribution in [0.2, 0.25) is 0 Å². The van der Waals surface area contributed by atoms with E-state index in [2.05, 4.69) is 4.72 Å². The van der Waals surface area contributed by atoms with E-state index in [1.807, 2.05) is 0 Å². The summed E-state index contributed by atoms with van der Waals surface area (Å²) in [5.41, 5.74) is 0.215. The maximum Gasteiger partial charge on any atom is 0.265 e. The Bertz CT molecular complexity index is 1140. The minimum absolute atomic E-state index is 0.00635. The Morgan fingerprint density at radius 3 is 2.24 bits per heavy atom. The molecule has 1 unspecified atom stereocenters. The van der Waals surface area contributed by atoms with Crippen molar-refractivity contribution in [2.45, 2.75) is 11.8 Å². The second-order valence-corrected chi connectivity index (χ2v) is 9.96. The zero-order valence-corrected chi connectivity index (χ0v) is 17.6. The summed E-state index contributed by atoms with van der Waals surface area (Å²) in [7, 11) is -5.23. The summed E-state index contributed by atoms with van der Waals surface area (Å²) in [5, 5.41) is 0. The molecule has 1 amide bonds. The van der Waals surface area contributed by atoms with Crippen LogP contribution >= 0.6 is 0 Å². The van der Waals surface area contributed by atoms with E-state index in [9.17, 15) is 21.6 Å². The third-order valence-electron chi connectivity index (χ3n) is 4.37. The van der Waals surface area contributed by atoms with Gasteiger partial charge in [0.1, 0.15) is 16.4 Å². The molecule has 9 nitrogen and oxygen atoms in total. The Labute approximate surface area is 169 Å². The van der Waals surface area contributed by atoms with E-state index < -0.39 is 31.9 Å². The molecule has 156 valence electrons. The molecule has 0 aromatic heterocycles. The lowest BCUT2D eigenvalue weighted by molar-refractivity contribution is -0.119. The van der Waals surface area contributed by atoms with Gasteiger partial charge in [-0.15, -0.1) is 0 Å². The van der Waals surface area contributed by atoms with E-state index >= 15 is 0 Å². The smallest absolute Gasteiger partial charge is 0.265 e. The van der Waals surface area contributed by atoms with Crippen LogP contribution in [0.3, 0.4) is 0 Å². The summed E-state index contributed by atoms with van der Waals surface area (Å²) in [6.45, 7) is 1.51. The molecule has 1 fully saturated rings. The third-order valence-corrected chi connectivity index (χ3v) is 7.64. The molecule has 29 heavy (non-hydrogen) atoms. The van der Waals surface area contributed by atoms with Gasteiger partial charge in [-0.2, -0.15) is 0 Å². The topological polar surface area (TPSA) is 119 Å². The summed E-state index contributed by atoms with van der Waals surface area (Å²) >= 11 is 0. The Morgan fingerprint density at radius 2 is 1.72 bits per heavy atom. The highest BCUT2D eigenvalue weighted by atomic mass is 32.2. The Balaban J connectivity index is 2.03. The number of ether oxygens (including phenoxy) is 2. The average molecular weight is 440 g/mol. The maximum atomic E-state index is 12.9. The summed E-state index contributed by atoms with van der Waals surface area (Å²) in [6, 6.07) is 9.96. The molecule has 1 N–H and O–H groups in total. The number of carbonyl (C=O) groups excluding carboxylic acids is 1. The molecule has 1 aliphatic heterocycles. The van der Waals surface area contributed by atoms with Crippen molar-refractivity contribution in [1.29, 1.82) is 0 Å². The molecule has 2 aromatic rings. The van der Waals surface area contributed by atoms with Crippen molar-refractivity contribution in [3.8, 4) is 11.5 Å². The number of rotatable bonds is 6. The van der Waals surface area contributed by atoms with E-state index in [1.54, 1.807) is 12.1 Å². The number of hydrogen-bond acceptors (Lipinski definition) is 7. The molecule has 1 saturated heterocycles. The lowest BCUT2D eigenvalue weighted by atomic mass is 10.2. The van der Waals surface area contributed by atoms with Crippen molar-refractivity contribution < 1.29 is 31.1 Å². The summed E-state index contributed by atoms with van der Waals surface area (Å²) in [4.78, 5) is 12.0. The minimum atomic E-state index is -4.14. The molecule has 0 bridgehead atoms. The number of benzene rings is 2. The molecule has 11 heteroatoms. The average Bonchev–Trinajstić information content (AvgIpc) is 2.88. The van der Waals surface area contributed by atoms with E-state index in [4.69, 9.17) is 9.47 Å². The summed E-state index contributed by atoms with van der Waals surface area (Å²) < 4.78 is 63.8. The molecule has 0 aliphatic carbocycles. The molecule has 0 saturated carbocycles. The van der Waals surface area contributed by atoms with Gasteiger partial charge < -0.3 is 9.47 Å². The zero-order valence-electron chi connectivity index (χ0n) is 15.9. The molecule has 1 heterocycles. The Kier molecular flexibility index (Phi) is 5.46. The van der Waals surface area contributed by atoms with Gasteiger partial charge in [-0.25, -0.2) is 21.1 Å². The van der Waals surface area contributed by atoms with E-state index in [1.165, 1.54) is 45.4 Å². The van der Waals surface area contributed by atoms with Gasteiger partial charge in [0.05, 0.1) is 31.6 Å². The van der Waals surface area contributed by atoms with Gasteiger partial charge in [0.25, 0.3) is 10.0 Å². The van der Waals surface area contributed by atoms with Crippen LogP contribution in [0.1, 0.15) is 6.92 Å². The fourth-order valence-electron chi connectivity index (χ4n) is 2.96. The first kappa shape index (κ1) is 20.9. The van der Waals surface area contributed by atoms with Gasteiger partial charge in [0.15, 0.2) is 0 Å². The third kappa shape index (κ3) is 4.01. The van der Waals surface area contributed by atoms with Crippen molar-refractivity contribution in [2.24, 2.45) is 5.92 Å². The second-order valence-electron chi connectivity index (χ2n) is 6.45. The maximum absolute atomic E-state index is 12.9. The van der Waals surface area contributed by atoms with Crippen molar-refractivity contribution in [3.63, 3.8) is 0 Å². The van der Waals surface area contributed by atoms with Crippen LogP contribution in [0, 0.1) is 5.92 Å². The molecule has 1 aliphatic rings. The monoisotopic (exact) mass is 440 g/mol. The summed E-state index contributed by atoms with van der Waals surface area (Å²) in [5.74, 6) is -1.09. The number of hydrogen-bond donors (Lipinski definition) is 1. The number of nitrogens with one attached hydrogen (secondary N) is 1. The van der Waals surface area contributed by atoms with Gasteiger partial charge in [-0.05, 0) is 42.5 Å². The Morgan fingerprint density at radius 1 is 1.07 bits per heavy atom. The lowest BCUT2D eigenvalue weighted by Crippen LogP contribution is -2.30. The standard InChI is InChI=1S/C18H20N2O7S2/c1-12-11-28(22,23)20(18(12)21)14-6-9-16(27-3)17(10-14)29(24,25)19-13-4-7-15(26-2)8-5-13/h4-10,12,19H,11H2,1-3H3. The van der Waals surface area contributed by atoms with Crippen LogP contribution in [-0.2, 0) is 24.8 Å². The highest BCUT2D eigenvalue weighted by molar-refractivity contribution is 7.94. The fraction of sp³-hybridized carbons (Fsp3) is 0.278. The van der Waals surface area contributed by atoms with Crippen LogP contribution < -0.4 is 18.5 Å². The normalized spacial score (nSPS) is 18.5. The molecular weight excluding hydrogens is 420 g/mol. The number of anilines is 2. The van der Waals surface area contributed by atoms with E-state index in [0.717, 1.165) is 6.07 Å². The predicted octanol–water partition coefficient (Wildman–Crippen LogP) is 1.82. The van der Waals surface area contributed by atoms with Crippen molar-refractivity contribution >= 4 is 37.3 Å². The number of amides is 1. The van der Waals surface area contributed by atoms with Crippen LogP contribution in [0.4, 0.5) is 11.4 Å². The highest BCUT2D eigenvalue weighted by Gasteiger charge is 2.42. The predicted molar refractivity (Wildman–Crippen MR) is 107 cm³/mol. The van der Waals surface area contributed by atoms with Gasteiger partial charge in [0.2, 0.25) is 15.9 Å². The first-order valence-corrected chi connectivity index (χ1v) is 11.6. The number of sulfonamides is 2. The second kappa shape index (κ2) is 7.56. The van der Waals surface area contributed by atoms with E-state index in [0.29, 0.717) is 10.1 Å². The van der Waals surface area contributed by atoms with E-state index in [-0.39, 0.29) is 27.8 Å². The SMILES string of the molecule is COc1ccc(NS(=O)(=O)c2cc(N3C(=O)C(C)CS3(=O)=O)ccc2OC)cc1. The highest BCUT2D eigenvalue weighted by Crippen LogP contribution is 2.34. The number of carbonyl (C=O) groups is 1. The molecule has 2 aromatic carbocycles. The minimum Gasteiger partial charge on any atom is -0.497 e. The Hall–Kier alpha value is -2.79. The molecule has 0 radical (unpaired) electrons. The van der Waals surface area contributed by atoms with Gasteiger partial charge in [0, 0.05) is 5.69 Å². The first-order valence-electron chi connectivity index (χ1n) is 8.51. The molecule has 3 rings (SSSR count). The molecule has 1 atom stereocenters. The zero-order chi connectivity index (χ0) is 21.4.